The van der Waals surface area contributed by atoms with Gasteiger partial charge in [0.15, 0.2) is 11.5 Å². The summed E-state index contributed by atoms with van der Waals surface area (Å²) in [5.41, 5.74) is 7.86. The first-order valence-electron chi connectivity index (χ1n) is 11.9. The van der Waals surface area contributed by atoms with Crippen molar-refractivity contribution in [3.8, 4) is 0 Å². The molecule has 3 aromatic rings. The van der Waals surface area contributed by atoms with Gasteiger partial charge in [-0.2, -0.15) is 0 Å². The summed E-state index contributed by atoms with van der Waals surface area (Å²) < 4.78 is 13.1. The Kier molecular flexibility index (Phi) is 8.95. The molecule has 2 aromatic heterocycles. The predicted octanol–water partition coefficient (Wildman–Crippen LogP) is 2.31. The van der Waals surface area contributed by atoms with E-state index in [4.69, 9.17) is 15.2 Å². The van der Waals surface area contributed by atoms with Crippen molar-refractivity contribution in [1.29, 1.82) is 0 Å². The van der Waals surface area contributed by atoms with E-state index in [0.29, 0.717) is 23.8 Å². The van der Waals surface area contributed by atoms with Crippen LogP contribution in [0.2, 0.25) is 0 Å². The van der Waals surface area contributed by atoms with Crippen LogP contribution in [0.25, 0.3) is 5.65 Å². The van der Waals surface area contributed by atoms with Gasteiger partial charge in [-0.25, -0.2) is 4.79 Å². The second kappa shape index (κ2) is 11.9. The Labute approximate surface area is 215 Å². The summed E-state index contributed by atoms with van der Waals surface area (Å²) in [5.74, 6) is -0.133. The normalized spacial score (nSPS) is 12.3. The van der Waals surface area contributed by atoms with Gasteiger partial charge in [-0.3, -0.25) is 14.0 Å². The van der Waals surface area contributed by atoms with Crippen LogP contribution in [0.3, 0.4) is 0 Å². The number of hydrogen-bond acceptors (Lipinski definition) is 8. The van der Waals surface area contributed by atoms with Crippen LogP contribution in [0.15, 0.2) is 42.5 Å². The molecule has 0 radical (unpaired) electrons. The van der Waals surface area contributed by atoms with Crippen molar-refractivity contribution < 1.29 is 23.9 Å². The van der Waals surface area contributed by atoms with Crippen molar-refractivity contribution in [2.24, 2.45) is 5.73 Å². The van der Waals surface area contributed by atoms with Gasteiger partial charge in [-0.1, -0.05) is 36.4 Å². The molecule has 0 aliphatic heterocycles. The SMILES string of the molecule is CC(=O)CN(C)C(=O)OCc1ccc(C)c2nnc(C(COCc3ccccc3)NC(=O)C(C)(C)N)n12. The van der Waals surface area contributed by atoms with Crippen LogP contribution < -0.4 is 11.1 Å². The van der Waals surface area contributed by atoms with Gasteiger partial charge >= 0.3 is 6.09 Å². The van der Waals surface area contributed by atoms with Crippen LogP contribution in [0.5, 0.6) is 0 Å². The van der Waals surface area contributed by atoms with E-state index in [1.165, 1.54) is 18.9 Å². The Balaban J connectivity index is 1.90. The predicted molar refractivity (Wildman–Crippen MR) is 136 cm³/mol. The number of benzene rings is 1. The van der Waals surface area contributed by atoms with Crippen LogP contribution in [-0.4, -0.2) is 63.0 Å². The number of aryl methyl sites for hydroxylation is 1. The van der Waals surface area contributed by atoms with E-state index in [1.807, 2.05) is 43.3 Å². The molecule has 0 aliphatic carbocycles. The largest absolute Gasteiger partial charge is 0.443 e. The molecule has 1 atom stereocenters. The van der Waals surface area contributed by atoms with E-state index >= 15 is 0 Å². The Morgan fingerprint density at radius 1 is 1.11 bits per heavy atom. The lowest BCUT2D eigenvalue weighted by atomic mass is 10.1. The molecule has 11 heteroatoms. The zero-order valence-corrected chi connectivity index (χ0v) is 21.9. The smallest absolute Gasteiger partial charge is 0.410 e. The number of nitrogens with two attached hydrogens (primary N) is 1. The number of fused-ring (bicyclic) bond motifs is 1. The summed E-state index contributed by atoms with van der Waals surface area (Å²) in [6.45, 7) is 6.78. The molecule has 0 aliphatic rings. The van der Waals surface area contributed by atoms with Gasteiger partial charge < -0.3 is 25.4 Å². The molecular formula is C26H34N6O5. The zero-order valence-electron chi connectivity index (χ0n) is 21.9. The van der Waals surface area contributed by atoms with Crippen LogP contribution >= 0.6 is 0 Å². The molecular weight excluding hydrogens is 476 g/mol. The van der Waals surface area contributed by atoms with Crippen molar-refractivity contribution >= 4 is 23.4 Å². The van der Waals surface area contributed by atoms with Crippen LogP contribution in [0.1, 0.15) is 49.5 Å². The first-order valence-corrected chi connectivity index (χ1v) is 11.9. The third-order valence-electron chi connectivity index (χ3n) is 5.57. The maximum atomic E-state index is 12.8. The van der Waals surface area contributed by atoms with Crippen molar-refractivity contribution in [2.75, 3.05) is 20.2 Å². The molecule has 0 saturated carbocycles. The highest BCUT2D eigenvalue weighted by Crippen LogP contribution is 2.21. The van der Waals surface area contributed by atoms with Gasteiger partial charge in [-0.05, 0) is 44.9 Å². The van der Waals surface area contributed by atoms with Gasteiger partial charge in [0.2, 0.25) is 5.91 Å². The highest BCUT2D eigenvalue weighted by molar-refractivity contribution is 5.85. The molecule has 1 unspecified atom stereocenters. The molecule has 2 amide bonds. The van der Waals surface area contributed by atoms with Crippen LogP contribution in [-0.2, 0) is 32.3 Å². The molecule has 1 aromatic carbocycles. The minimum atomic E-state index is -1.13. The number of likely N-dealkylation sites (N-methyl/N-ethyl adjacent to an activating group) is 1. The summed E-state index contributed by atoms with van der Waals surface area (Å²) in [6.07, 6.45) is -0.639. The number of nitrogens with one attached hydrogen (secondary N) is 1. The molecule has 2 heterocycles. The van der Waals surface area contributed by atoms with Crippen molar-refractivity contribution in [3.05, 3.63) is 65.1 Å². The van der Waals surface area contributed by atoms with Crippen molar-refractivity contribution in [3.63, 3.8) is 0 Å². The maximum absolute atomic E-state index is 12.8. The number of hydrogen-bond donors (Lipinski definition) is 2. The summed E-state index contributed by atoms with van der Waals surface area (Å²) in [7, 11) is 1.49. The molecule has 11 nitrogen and oxygen atoms in total. The molecule has 0 fully saturated rings. The molecule has 198 valence electrons. The average Bonchev–Trinajstić information content (AvgIpc) is 3.28. The number of carbonyl (C=O) groups is 3. The van der Waals surface area contributed by atoms with Crippen LogP contribution in [0, 0.1) is 6.92 Å². The van der Waals surface area contributed by atoms with E-state index in [1.54, 1.807) is 24.3 Å². The van der Waals surface area contributed by atoms with Crippen molar-refractivity contribution in [2.45, 2.75) is 52.5 Å². The summed E-state index contributed by atoms with van der Waals surface area (Å²) >= 11 is 0. The van der Waals surface area contributed by atoms with Gasteiger partial charge in [0.25, 0.3) is 0 Å². The molecule has 0 bridgehead atoms. The second-order valence-electron chi connectivity index (χ2n) is 9.59. The highest BCUT2D eigenvalue weighted by atomic mass is 16.6. The Morgan fingerprint density at radius 3 is 2.46 bits per heavy atom. The molecule has 0 spiro atoms. The Bertz CT molecular complexity index is 1250. The fraction of sp³-hybridized carbons (Fsp3) is 0.423. The Hall–Kier alpha value is -3.83. The van der Waals surface area contributed by atoms with Gasteiger partial charge in [0, 0.05) is 7.05 Å². The van der Waals surface area contributed by atoms with E-state index < -0.39 is 17.7 Å². The number of carbonyl (C=O) groups excluding carboxylic acids is 3. The average molecular weight is 511 g/mol. The van der Waals surface area contributed by atoms with Gasteiger partial charge in [0.1, 0.15) is 18.4 Å². The zero-order chi connectivity index (χ0) is 27.2. The lowest BCUT2D eigenvalue weighted by molar-refractivity contribution is -0.126. The summed E-state index contributed by atoms with van der Waals surface area (Å²) in [4.78, 5) is 37.7. The van der Waals surface area contributed by atoms with E-state index in [2.05, 4.69) is 15.5 Å². The standard InChI is InChI=1S/C26H34N6O5/c1-17-11-12-20(15-37-25(35)31(5)13-18(2)33)32-22(17)29-30-23(32)21(28-24(34)26(3,4)27)16-36-14-19-9-7-6-8-10-19/h6-12,21H,13-16,27H2,1-5H3,(H,28,34). The fourth-order valence-electron chi connectivity index (χ4n) is 3.58. The quantitative estimate of drug-likeness (QED) is 0.400. The minimum Gasteiger partial charge on any atom is -0.443 e. The molecule has 0 saturated heterocycles. The number of rotatable bonds is 11. The van der Waals surface area contributed by atoms with E-state index in [-0.39, 0.29) is 31.4 Å². The molecule has 3 rings (SSSR count). The van der Waals surface area contributed by atoms with Gasteiger partial charge in [0.05, 0.1) is 31.0 Å². The topological polar surface area (TPSA) is 141 Å². The lowest BCUT2D eigenvalue weighted by Crippen LogP contribution is -2.51. The lowest BCUT2D eigenvalue weighted by Gasteiger charge is -2.24. The Morgan fingerprint density at radius 2 is 1.81 bits per heavy atom. The number of nitrogens with zero attached hydrogens (tertiary/aromatic N) is 4. The van der Waals surface area contributed by atoms with Crippen molar-refractivity contribution in [1.82, 2.24) is 24.8 Å². The van der Waals surface area contributed by atoms with Crippen LogP contribution in [0.4, 0.5) is 4.79 Å². The number of aromatic nitrogens is 3. The van der Waals surface area contributed by atoms with Gasteiger partial charge in [-0.15, -0.1) is 10.2 Å². The number of Topliss-reactive ketones (excluding diaryl/α,β-unsaturated/α-hetero) is 1. The first-order chi connectivity index (χ1) is 17.5. The maximum Gasteiger partial charge on any atom is 0.410 e. The number of ketones is 1. The van der Waals surface area contributed by atoms with E-state index in [0.717, 1.165) is 11.1 Å². The molecule has 37 heavy (non-hydrogen) atoms. The monoisotopic (exact) mass is 510 g/mol. The highest BCUT2D eigenvalue weighted by Gasteiger charge is 2.29. The fourth-order valence-corrected chi connectivity index (χ4v) is 3.58. The third-order valence-corrected chi connectivity index (χ3v) is 5.57. The third kappa shape index (κ3) is 7.34. The number of pyridine rings is 1. The summed E-state index contributed by atoms with van der Waals surface area (Å²) in [5, 5.41) is 11.6. The first kappa shape index (κ1) is 27.8. The number of ether oxygens (including phenoxy) is 2. The molecule has 3 N–H and O–H groups in total. The summed E-state index contributed by atoms with van der Waals surface area (Å²) in [6, 6.07) is 12.6. The van der Waals surface area contributed by atoms with E-state index in [9.17, 15) is 14.4 Å². The second-order valence-corrected chi connectivity index (χ2v) is 9.59. The minimum absolute atomic E-state index is 0.0538. The number of amides is 2.